The second-order valence-corrected chi connectivity index (χ2v) is 6.30. The summed E-state index contributed by atoms with van der Waals surface area (Å²) in [6.45, 7) is 0.363. The van der Waals surface area contributed by atoms with Crippen molar-refractivity contribution in [1.82, 2.24) is 28.5 Å². The topological polar surface area (TPSA) is 79.6 Å². The summed E-state index contributed by atoms with van der Waals surface area (Å²) in [7, 11) is 3.00. The highest BCUT2D eigenvalue weighted by Crippen LogP contribution is 2.18. The minimum absolute atomic E-state index is 0.162. The van der Waals surface area contributed by atoms with E-state index < -0.39 is 11.2 Å². The normalized spacial score (nSPS) is 11.3. The van der Waals surface area contributed by atoms with Gasteiger partial charge >= 0.3 is 5.69 Å². The summed E-state index contributed by atoms with van der Waals surface area (Å²) in [6, 6.07) is 9.59. The Kier molecular flexibility index (Phi) is 3.77. The summed E-state index contributed by atoms with van der Waals surface area (Å²) in [4.78, 5) is 28.8. The monoisotopic (exact) mass is 370 g/mol. The van der Waals surface area contributed by atoms with E-state index in [1.54, 1.807) is 22.5 Å². The van der Waals surface area contributed by atoms with Crippen LogP contribution in [-0.2, 0) is 20.6 Å². The maximum absolute atomic E-state index is 12.6. The maximum Gasteiger partial charge on any atom is 0.332 e. The van der Waals surface area contributed by atoms with Gasteiger partial charge in [0.15, 0.2) is 11.2 Å². The lowest BCUT2D eigenvalue weighted by Gasteiger charge is -2.08. The number of imidazole rings is 1. The van der Waals surface area contributed by atoms with Crippen molar-refractivity contribution in [2.24, 2.45) is 14.1 Å². The van der Waals surface area contributed by atoms with Gasteiger partial charge in [-0.3, -0.25) is 13.9 Å². The van der Waals surface area contributed by atoms with Crippen LogP contribution in [0.4, 0.5) is 0 Å². The number of hydrogen-bond acceptors (Lipinski definition) is 4. The highest BCUT2D eigenvalue weighted by atomic mass is 35.5. The minimum atomic E-state index is -0.438. The molecule has 0 radical (unpaired) electrons. The molecule has 0 saturated carbocycles. The Morgan fingerprint density at radius 2 is 1.81 bits per heavy atom. The first-order chi connectivity index (χ1) is 12.5. The van der Waals surface area contributed by atoms with Crippen molar-refractivity contribution in [3.8, 4) is 5.69 Å². The van der Waals surface area contributed by atoms with Gasteiger partial charge < -0.3 is 4.57 Å². The molecule has 0 aliphatic carbocycles. The third-order valence-corrected chi connectivity index (χ3v) is 4.64. The van der Waals surface area contributed by atoms with Crippen LogP contribution in [0.25, 0.3) is 16.9 Å². The first-order valence-corrected chi connectivity index (χ1v) is 8.26. The van der Waals surface area contributed by atoms with E-state index in [0.717, 1.165) is 15.8 Å². The fraction of sp³-hybridized carbons (Fsp3) is 0.176. The molecule has 1 aromatic carbocycles. The van der Waals surface area contributed by atoms with Gasteiger partial charge in [-0.15, -0.1) is 0 Å². The molecule has 4 rings (SSSR count). The van der Waals surface area contributed by atoms with Gasteiger partial charge in [0.05, 0.1) is 12.2 Å². The van der Waals surface area contributed by atoms with Crippen molar-refractivity contribution in [3.63, 3.8) is 0 Å². The second kappa shape index (κ2) is 5.99. The molecule has 9 heteroatoms. The molecule has 0 N–H and O–H groups in total. The van der Waals surface area contributed by atoms with Crippen LogP contribution < -0.4 is 11.2 Å². The number of benzene rings is 1. The van der Waals surface area contributed by atoms with Crippen molar-refractivity contribution >= 4 is 22.8 Å². The van der Waals surface area contributed by atoms with Gasteiger partial charge in [0.2, 0.25) is 5.28 Å². The molecule has 0 aliphatic rings. The van der Waals surface area contributed by atoms with Crippen LogP contribution in [0, 0.1) is 0 Å². The first-order valence-electron chi connectivity index (χ1n) is 7.88. The van der Waals surface area contributed by atoms with E-state index in [1.807, 2.05) is 36.5 Å². The molecule has 132 valence electrons. The van der Waals surface area contributed by atoms with Crippen LogP contribution in [0.15, 0.2) is 52.3 Å². The molecular weight excluding hydrogens is 356 g/mol. The van der Waals surface area contributed by atoms with E-state index in [1.165, 1.54) is 11.6 Å². The van der Waals surface area contributed by atoms with Crippen molar-refractivity contribution in [1.29, 1.82) is 0 Å². The Morgan fingerprint density at radius 3 is 2.46 bits per heavy atom. The molecule has 8 nitrogen and oxygen atoms in total. The lowest BCUT2D eigenvalue weighted by Crippen LogP contribution is -2.37. The highest BCUT2D eigenvalue weighted by molar-refractivity contribution is 6.29. The van der Waals surface area contributed by atoms with E-state index in [4.69, 9.17) is 11.6 Å². The molecule has 3 aromatic heterocycles. The molecule has 0 bridgehead atoms. The van der Waals surface area contributed by atoms with E-state index in [0.29, 0.717) is 12.1 Å². The highest BCUT2D eigenvalue weighted by Gasteiger charge is 2.18. The molecule has 26 heavy (non-hydrogen) atoms. The average Bonchev–Trinajstić information content (AvgIpc) is 3.28. The smallest absolute Gasteiger partial charge is 0.304 e. The zero-order valence-electron chi connectivity index (χ0n) is 14.1. The van der Waals surface area contributed by atoms with Crippen LogP contribution in [0.3, 0.4) is 0 Å². The average molecular weight is 371 g/mol. The predicted molar refractivity (Wildman–Crippen MR) is 97.9 cm³/mol. The quantitative estimate of drug-likeness (QED) is 0.509. The van der Waals surface area contributed by atoms with Gasteiger partial charge in [-0.1, -0.05) is 12.1 Å². The summed E-state index contributed by atoms with van der Waals surface area (Å²) in [5, 5.41) is 4.35. The molecule has 0 saturated heterocycles. The molecular formula is C17H15ClN6O2. The lowest BCUT2D eigenvalue weighted by atomic mass is 10.2. The zero-order chi connectivity index (χ0) is 18.4. The molecule has 4 aromatic rings. The lowest BCUT2D eigenvalue weighted by molar-refractivity contribution is 0.702. The summed E-state index contributed by atoms with van der Waals surface area (Å²) < 4.78 is 5.74. The SMILES string of the molecule is Cn1c(=O)c2c(nc(Cl)n2Cc2ccc(-n3cccn3)cc2)n(C)c1=O. The fourth-order valence-electron chi connectivity index (χ4n) is 2.92. The van der Waals surface area contributed by atoms with Gasteiger partial charge in [0.1, 0.15) is 0 Å². The van der Waals surface area contributed by atoms with Gasteiger partial charge in [0.25, 0.3) is 5.56 Å². The van der Waals surface area contributed by atoms with Crippen molar-refractivity contribution in [3.05, 3.63) is 74.4 Å². The van der Waals surface area contributed by atoms with E-state index in [-0.39, 0.29) is 10.9 Å². The van der Waals surface area contributed by atoms with E-state index in [2.05, 4.69) is 10.1 Å². The number of nitrogens with zero attached hydrogens (tertiary/aromatic N) is 6. The van der Waals surface area contributed by atoms with Crippen LogP contribution in [0.2, 0.25) is 5.28 Å². The second-order valence-electron chi connectivity index (χ2n) is 5.96. The third-order valence-electron chi connectivity index (χ3n) is 4.35. The standard InChI is InChI=1S/C17H15ClN6O2/c1-21-14-13(15(25)22(2)17(21)26)23(16(18)20-14)10-11-4-6-12(7-5-11)24-9-3-8-19-24/h3-9H,10H2,1-2H3. The van der Waals surface area contributed by atoms with Crippen molar-refractivity contribution in [2.45, 2.75) is 6.54 Å². The summed E-state index contributed by atoms with van der Waals surface area (Å²) >= 11 is 6.25. The van der Waals surface area contributed by atoms with Crippen LogP contribution >= 0.6 is 11.6 Å². The van der Waals surface area contributed by atoms with E-state index >= 15 is 0 Å². The minimum Gasteiger partial charge on any atom is -0.304 e. The Bertz CT molecular complexity index is 1220. The Hall–Kier alpha value is -3.13. The third kappa shape index (κ3) is 2.46. The summed E-state index contributed by atoms with van der Waals surface area (Å²) in [5.74, 6) is 0. The molecule has 3 heterocycles. The first kappa shape index (κ1) is 16.3. The van der Waals surface area contributed by atoms with Gasteiger partial charge in [0, 0.05) is 26.5 Å². The predicted octanol–water partition coefficient (Wildman–Crippen LogP) is 1.32. The molecule has 0 unspecified atom stereocenters. The van der Waals surface area contributed by atoms with Crippen LogP contribution in [-0.4, -0.2) is 28.5 Å². The van der Waals surface area contributed by atoms with Crippen molar-refractivity contribution in [2.75, 3.05) is 0 Å². The number of fused-ring (bicyclic) bond motifs is 1. The Labute approximate surface area is 152 Å². The van der Waals surface area contributed by atoms with Crippen molar-refractivity contribution < 1.29 is 0 Å². The van der Waals surface area contributed by atoms with Crippen LogP contribution in [0.5, 0.6) is 0 Å². The Morgan fingerprint density at radius 1 is 1.08 bits per heavy atom. The zero-order valence-corrected chi connectivity index (χ0v) is 14.9. The summed E-state index contributed by atoms with van der Waals surface area (Å²) in [5.41, 5.74) is 1.59. The van der Waals surface area contributed by atoms with Crippen LogP contribution in [0.1, 0.15) is 5.56 Å². The largest absolute Gasteiger partial charge is 0.332 e. The fourth-order valence-corrected chi connectivity index (χ4v) is 3.15. The van der Waals surface area contributed by atoms with E-state index in [9.17, 15) is 9.59 Å². The van der Waals surface area contributed by atoms with Gasteiger partial charge in [-0.25, -0.2) is 9.48 Å². The molecule has 0 spiro atoms. The summed E-state index contributed by atoms with van der Waals surface area (Å²) in [6.07, 6.45) is 3.57. The Balaban J connectivity index is 1.79. The van der Waals surface area contributed by atoms with Gasteiger partial charge in [-0.2, -0.15) is 10.1 Å². The number of halogens is 1. The maximum atomic E-state index is 12.6. The number of aromatic nitrogens is 6. The molecule has 0 amide bonds. The van der Waals surface area contributed by atoms with Gasteiger partial charge in [-0.05, 0) is 35.4 Å². The number of rotatable bonds is 3. The molecule has 0 atom stereocenters. The number of aryl methyl sites for hydroxylation is 1. The molecule has 0 fully saturated rings. The number of hydrogen-bond donors (Lipinski definition) is 0. The molecule has 0 aliphatic heterocycles.